The van der Waals surface area contributed by atoms with E-state index < -0.39 is 0 Å². The SMILES string of the molecule is Cc1nccc(C(C)CC2(OC3(CC(C)c4ccnc(C)c4C)CCCCC3)CCCCC2)c1C. The molecule has 192 valence electrons. The minimum Gasteiger partial charge on any atom is -0.369 e. The van der Waals surface area contributed by atoms with Gasteiger partial charge in [0.25, 0.3) is 0 Å². The number of hydrogen-bond acceptors (Lipinski definition) is 3. The van der Waals surface area contributed by atoms with Crippen LogP contribution in [0.1, 0.15) is 136 Å². The summed E-state index contributed by atoms with van der Waals surface area (Å²) in [7, 11) is 0. The van der Waals surface area contributed by atoms with Crippen LogP contribution in [-0.4, -0.2) is 21.2 Å². The van der Waals surface area contributed by atoms with Gasteiger partial charge in [-0.2, -0.15) is 0 Å². The number of pyridine rings is 2. The Kier molecular flexibility index (Phi) is 8.36. The average molecular weight is 477 g/mol. The number of aromatic nitrogens is 2. The van der Waals surface area contributed by atoms with Crippen LogP contribution in [0.25, 0.3) is 0 Å². The van der Waals surface area contributed by atoms with Gasteiger partial charge < -0.3 is 4.74 Å². The van der Waals surface area contributed by atoms with Gasteiger partial charge in [-0.15, -0.1) is 0 Å². The van der Waals surface area contributed by atoms with Crippen LogP contribution in [-0.2, 0) is 4.74 Å². The second-order valence-corrected chi connectivity index (χ2v) is 12.0. The van der Waals surface area contributed by atoms with Gasteiger partial charge in [0.2, 0.25) is 0 Å². The number of rotatable bonds is 8. The Bertz CT molecular complexity index is 906. The zero-order chi connectivity index (χ0) is 25.1. The molecule has 0 aromatic carbocycles. The standard InChI is InChI=1S/C32H48N2O/c1-23(29-13-19-33-27(5)25(29)3)21-31(15-9-7-10-16-31)35-32(17-11-8-12-18-32)22-24(2)30-14-20-34-28(6)26(30)4/h13-14,19-20,23-24H,7-12,15-18,21-22H2,1-6H3. The molecule has 2 aromatic rings. The van der Waals surface area contributed by atoms with Gasteiger partial charge >= 0.3 is 0 Å². The van der Waals surface area contributed by atoms with Crippen molar-refractivity contribution in [3.8, 4) is 0 Å². The third-order valence-corrected chi connectivity index (χ3v) is 9.38. The highest BCUT2D eigenvalue weighted by atomic mass is 16.5. The van der Waals surface area contributed by atoms with Crippen molar-refractivity contribution in [2.24, 2.45) is 0 Å². The van der Waals surface area contributed by atoms with E-state index in [0.717, 1.165) is 24.2 Å². The molecule has 35 heavy (non-hydrogen) atoms. The third-order valence-electron chi connectivity index (χ3n) is 9.38. The van der Waals surface area contributed by atoms with Crippen molar-refractivity contribution >= 4 is 0 Å². The predicted molar refractivity (Wildman–Crippen MR) is 146 cm³/mol. The number of aryl methyl sites for hydroxylation is 2. The Hall–Kier alpha value is -1.74. The molecule has 2 unspecified atom stereocenters. The summed E-state index contributed by atoms with van der Waals surface area (Å²) in [6.45, 7) is 13.6. The van der Waals surface area contributed by atoms with Gasteiger partial charge in [0.15, 0.2) is 0 Å². The first kappa shape index (κ1) is 26.3. The molecule has 0 radical (unpaired) electrons. The van der Waals surface area contributed by atoms with E-state index in [9.17, 15) is 0 Å². The van der Waals surface area contributed by atoms with Crippen LogP contribution in [0.3, 0.4) is 0 Å². The highest BCUT2D eigenvalue weighted by Crippen LogP contribution is 2.48. The van der Waals surface area contributed by atoms with E-state index in [4.69, 9.17) is 4.74 Å². The minimum atomic E-state index is 0.00153. The fraction of sp³-hybridized carbons (Fsp3) is 0.688. The van der Waals surface area contributed by atoms with E-state index in [0.29, 0.717) is 11.8 Å². The van der Waals surface area contributed by atoms with Crippen molar-refractivity contribution in [1.29, 1.82) is 0 Å². The molecule has 4 rings (SSSR count). The Labute approximate surface area is 214 Å². The van der Waals surface area contributed by atoms with Gasteiger partial charge in [0, 0.05) is 23.8 Å². The Morgan fingerprint density at radius 1 is 0.657 bits per heavy atom. The summed E-state index contributed by atoms with van der Waals surface area (Å²) in [5.74, 6) is 0.968. The summed E-state index contributed by atoms with van der Waals surface area (Å²) in [5.41, 5.74) is 7.95. The number of ether oxygens (including phenoxy) is 1. The smallest absolute Gasteiger partial charge is 0.0695 e. The largest absolute Gasteiger partial charge is 0.369 e. The van der Waals surface area contributed by atoms with Gasteiger partial charge in [-0.05, 0) is 112 Å². The maximum atomic E-state index is 7.60. The summed E-state index contributed by atoms with van der Waals surface area (Å²) in [4.78, 5) is 9.06. The molecule has 2 fully saturated rings. The van der Waals surface area contributed by atoms with Crippen molar-refractivity contribution < 1.29 is 4.74 Å². The summed E-state index contributed by atoms with van der Waals surface area (Å²) in [6.07, 6.45) is 19.0. The summed E-state index contributed by atoms with van der Waals surface area (Å²) in [5, 5.41) is 0. The molecule has 2 saturated carbocycles. The predicted octanol–water partition coefficient (Wildman–Crippen LogP) is 8.82. The molecular formula is C32H48N2O. The first-order valence-corrected chi connectivity index (χ1v) is 14.3. The maximum Gasteiger partial charge on any atom is 0.0695 e. The highest BCUT2D eigenvalue weighted by Gasteiger charge is 2.45. The molecule has 2 aliphatic carbocycles. The van der Waals surface area contributed by atoms with E-state index in [1.807, 2.05) is 12.4 Å². The molecule has 0 saturated heterocycles. The lowest BCUT2D eigenvalue weighted by atomic mass is 9.73. The zero-order valence-electron chi connectivity index (χ0n) is 23.3. The van der Waals surface area contributed by atoms with Crippen LogP contribution in [0.2, 0.25) is 0 Å². The van der Waals surface area contributed by atoms with E-state index in [-0.39, 0.29) is 11.2 Å². The van der Waals surface area contributed by atoms with E-state index >= 15 is 0 Å². The van der Waals surface area contributed by atoms with Crippen LogP contribution in [0.15, 0.2) is 24.5 Å². The van der Waals surface area contributed by atoms with Crippen molar-refractivity contribution in [3.05, 3.63) is 58.2 Å². The quantitative estimate of drug-likeness (QED) is 0.382. The molecule has 0 spiro atoms. The van der Waals surface area contributed by atoms with Crippen LogP contribution >= 0.6 is 0 Å². The minimum absolute atomic E-state index is 0.00153. The van der Waals surface area contributed by atoms with Crippen molar-refractivity contribution in [2.75, 3.05) is 0 Å². The van der Waals surface area contributed by atoms with Gasteiger partial charge in [-0.1, -0.05) is 52.4 Å². The molecule has 0 aliphatic heterocycles. The van der Waals surface area contributed by atoms with E-state index in [1.54, 1.807) is 0 Å². The molecular weight excluding hydrogens is 428 g/mol. The lowest BCUT2D eigenvalue weighted by Crippen LogP contribution is -2.48. The molecule has 3 heteroatoms. The van der Waals surface area contributed by atoms with Crippen LogP contribution in [0.5, 0.6) is 0 Å². The maximum absolute atomic E-state index is 7.60. The topological polar surface area (TPSA) is 35.0 Å². The Morgan fingerprint density at radius 3 is 1.40 bits per heavy atom. The molecule has 3 nitrogen and oxygen atoms in total. The summed E-state index contributed by atoms with van der Waals surface area (Å²) < 4.78 is 7.60. The molecule has 2 aromatic heterocycles. The van der Waals surface area contributed by atoms with Gasteiger partial charge in [0.05, 0.1) is 11.2 Å². The summed E-state index contributed by atoms with van der Waals surface area (Å²) in [6, 6.07) is 4.49. The second-order valence-electron chi connectivity index (χ2n) is 12.0. The fourth-order valence-electron chi connectivity index (χ4n) is 7.27. The van der Waals surface area contributed by atoms with Crippen molar-refractivity contribution in [3.63, 3.8) is 0 Å². The normalized spacial score (nSPS) is 21.4. The Morgan fingerprint density at radius 2 is 1.03 bits per heavy atom. The number of nitrogens with zero attached hydrogens (tertiary/aromatic N) is 2. The highest BCUT2D eigenvalue weighted by molar-refractivity contribution is 5.32. The van der Waals surface area contributed by atoms with E-state index in [1.165, 1.54) is 86.5 Å². The second kappa shape index (κ2) is 11.1. The molecule has 2 heterocycles. The van der Waals surface area contributed by atoms with Gasteiger partial charge in [-0.3, -0.25) is 9.97 Å². The third kappa shape index (κ3) is 5.98. The lowest BCUT2D eigenvalue weighted by Gasteiger charge is -2.50. The Balaban J connectivity index is 1.61. The van der Waals surface area contributed by atoms with E-state index in [2.05, 4.69) is 63.6 Å². The molecule has 0 amide bonds. The molecule has 0 bridgehead atoms. The molecule has 2 aliphatic rings. The van der Waals surface area contributed by atoms with Crippen LogP contribution in [0.4, 0.5) is 0 Å². The summed E-state index contributed by atoms with van der Waals surface area (Å²) >= 11 is 0. The lowest BCUT2D eigenvalue weighted by molar-refractivity contribution is -0.194. The van der Waals surface area contributed by atoms with Crippen LogP contribution in [0, 0.1) is 27.7 Å². The average Bonchev–Trinajstić information content (AvgIpc) is 2.83. The monoisotopic (exact) mass is 476 g/mol. The van der Waals surface area contributed by atoms with Crippen molar-refractivity contribution in [2.45, 2.75) is 142 Å². The number of hydrogen-bond donors (Lipinski definition) is 0. The van der Waals surface area contributed by atoms with Gasteiger partial charge in [-0.25, -0.2) is 0 Å². The van der Waals surface area contributed by atoms with Crippen molar-refractivity contribution in [1.82, 2.24) is 9.97 Å². The molecule has 2 atom stereocenters. The zero-order valence-corrected chi connectivity index (χ0v) is 23.3. The molecule has 0 N–H and O–H groups in total. The first-order chi connectivity index (χ1) is 16.7. The van der Waals surface area contributed by atoms with Gasteiger partial charge in [0.1, 0.15) is 0 Å². The first-order valence-electron chi connectivity index (χ1n) is 14.3. The fourth-order valence-corrected chi connectivity index (χ4v) is 7.27. The van der Waals surface area contributed by atoms with Crippen LogP contribution < -0.4 is 0 Å².